The molecule has 1 aromatic rings. The molecule has 0 aromatic carbocycles. The zero-order chi connectivity index (χ0) is 12.5. The minimum atomic E-state index is 0.646. The molecule has 96 valence electrons. The lowest BCUT2D eigenvalue weighted by molar-refractivity contribution is 0.342. The van der Waals surface area contributed by atoms with Gasteiger partial charge in [-0.1, -0.05) is 27.2 Å². The van der Waals surface area contributed by atoms with E-state index in [0.29, 0.717) is 6.04 Å². The molecule has 2 unspecified atom stereocenters. The van der Waals surface area contributed by atoms with Gasteiger partial charge < -0.3 is 5.32 Å². The molecule has 1 rings (SSSR count). The van der Waals surface area contributed by atoms with Gasteiger partial charge in [0.25, 0.3) is 0 Å². The Morgan fingerprint density at radius 3 is 2.47 bits per heavy atom. The highest BCUT2D eigenvalue weighted by molar-refractivity contribution is 5.09. The van der Waals surface area contributed by atoms with Gasteiger partial charge >= 0.3 is 0 Å². The predicted octanol–water partition coefficient (Wildman–Crippen LogP) is 3.43. The van der Waals surface area contributed by atoms with Gasteiger partial charge in [0.1, 0.15) is 0 Å². The summed E-state index contributed by atoms with van der Waals surface area (Å²) in [5, 5.41) is 3.62. The number of hydrogen-bond acceptors (Lipinski definition) is 2. The average molecular weight is 234 g/mol. The third-order valence-corrected chi connectivity index (χ3v) is 3.39. The van der Waals surface area contributed by atoms with Crippen LogP contribution in [0.3, 0.4) is 0 Å². The SMILES string of the molecule is CCCC(C)C(CCc1ccncc1)NCC. The van der Waals surface area contributed by atoms with E-state index in [1.54, 1.807) is 0 Å². The third kappa shape index (κ3) is 5.31. The summed E-state index contributed by atoms with van der Waals surface area (Å²) < 4.78 is 0. The van der Waals surface area contributed by atoms with Gasteiger partial charge in [-0.25, -0.2) is 0 Å². The Hall–Kier alpha value is -0.890. The Labute approximate surface area is 106 Å². The molecule has 0 amide bonds. The highest BCUT2D eigenvalue weighted by Crippen LogP contribution is 2.15. The molecule has 2 nitrogen and oxygen atoms in total. The number of nitrogens with one attached hydrogen (secondary N) is 1. The summed E-state index contributed by atoms with van der Waals surface area (Å²) in [6, 6.07) is 4.88. The van der Waals surface area contributed by atoms with Gasteiger partial charge in [0.15, 0.2) is 0 Å². The van der Waals surface area contributed by atoms with Crippen molar-refractivity contribution in [1.82, 2.24) is 10.3 Å². The van der Waals surface area contributed by atoms with E-state index in [0.717, 1.165) is 18.9 Å². The van der Waals surface area contributed by atoms with E-state index in [-0.39, 0.29) is 0 Å². The van der Waals surface area contributed by atoms with Gasteiger partial charge in [-0.05, 0) is 49.4 Å². The molecule has 0 saturated heterocycles. The highest BCUT2D eigenvalue weighted by atomic mass is 14.9. The molecule has 2 atom stereocenters. The van der Waals surface area contributed by atoms with E-state index >= 15 is 0 Å². The second-order valence-corrected chi connectivity index (χ2v) is 4.82. The van der Waals surface area contributed by atoms with Crippen LogP contribution in [0.1, 0.15) is 45.6 Å². The lowest BCUT2D eigenvalue weighted by Crippen LogP contribution is -2.35. The maximum atomic E-state index is 4.06. The van der Waals surface area contributed by atoms with E-state index in [2.05, 4.69) is 43.2 Å². The summed E-state index contributed by atoms with van der Waals surface area (Å²) in [4.78, 5) is 4.06. The Balaban J connectivity index is 2.43. The van der Waals surface area contributed by atoms with Crippen LogP contribution in [0.5, 0.6) is 0 Å². The molecule has 1 heterocycles. The lowest BCUT2D eigenvalue weighted by Gasteiger charge is -2.24. The number of rotatable bonds is 8. The highest BCUT2D eigenvalue weighted by Gasteiger charge is 2.15. The van der Waals surface area contributed by atoms with Gasteiger partial charge in [0.05, 0.1) is 0 Å². The molecule has 0 radical (unpaired) electrons. The number of nitrogens with zero attached hydrogens (tertiary/aromatic N) is 1. The fourth-order valence-electron chi connectivity index (χ4n) is 2.38. The lowest BCUT2D eigenvalue weighted by atomic mass is 9.92. The van der Waals surface area contributed by atoms with Crippen molar-refractivity contribution in [3.05, 3.63) is 30.1 Å². The Bertz CT molecular complexity index is 284. The van der Waals surface area contributed by atoms with Gasteiger partial charge in [0, 0.05) is 18.4 Å². The topological polar surface area (TPSA) is 24.9 Å². The molecule has 1 aromatic heterocycles. The number of hydrogen-bond donors (Lipinski definition) is 1. The molecule has 17 heavy (non-hydrogen) atoms. The second-order valence-electron chi connectivity index (χ2n) is 4.82. The number of aryl methyl sites for hydroxylation is 1. The first-order valence-electron chi connectivity index (χ1n) is 6.90. The third-order valence-electron chi connectivity index (χ3n) is 3.39. The smallest absolute Gasteiger partial charge is 0.0270 e. The zero-order valence-corrected chi connectivity index (χ0v) is 11.4. The predicted molar refractivity (Wildman–Crippen MR) is 74.1 cm³/mol. The second kappa shape index (κ2) is 8.24. The fraction of sp³-hybridized carbons (Fsp3) is 0.667. The van der Waals surface area contributed by atoms with Crippen molar-refractivity contribution in [2.24, 2.45) is 5.92 Å². The van der Waals surface area contributed by atoms with Crippen molar-refractivity contribution in [1.29, 1.82) is 0 Å². The summed E-state index contributed by atoms with van der Waals surface area (Å²) >= 11 is 0. The molecule has 2 heteroatoms. The van der Waals surface area contributed by atoms with Gasteiger partial charge in [-0.2, -0.15) is 0 Å². The van der Waals surface area contributed by atoms with E-state index in [9.17, 15) is 0 Å². The van der Waals surface area contributed by atoms with Crippen LogP contribution in [0.15, 0.2) is 24.5 Å². The van der Waals surface area contributed by atoms with Gasteiger partial charge in [-0.15, -0.1) is 0 Å². The fourth-order valence-corrected chi connectivity index (χ4v) is 2.38. The minimum Gasteiger partial charge on any atom is -0.314 e. The maximum Gasteiger partial charge on any atom is 0.0270 e. The van der Waals surface area contributed by atoms with Crippen LogP contribution in [-0.4, -0.2) is 17.6 Å². The van der Waals surface area contributed by atoms with Crippen LogP contribution in [0, 0.1) is 5.92 Å². The van der Waals surface area contributed by atoms with Crippen LogP contribution >= 0.6 is 0 Å². The molecule has 0 fully saturated rings. The monoisotopic (exact) mass is 234 g/mol. The van der Waals surface area contributed by atoms with Crippen LogP contribution in [-0.2, 0) is 6.42 Å². The molecule has 0 aliphatic heterocycles. The first-order valence-corrected chi connectivity index (χ1v) is 6.90. The van der Waals surface area contributed by atoms with Crippen LogP contribution in [0.25, 0.3) is 0 Å². The van der Waals surface area contributed by atoms with Crippen molar-refractivity contribution in [2.45, 2.75) is 52.5 Å². The molecule has 0 bridgehead atoms. The summed E-state index contributed by atoms with van der Waals surface area (Å²) in [6.07, 6.45) is 8.72. The van der Waals surface area contributed by atoms with Crippen molar-refractivity contribution in [3.63, 3.8) is 0 Å². The number of pyridine rings is 1. The number of aromatic nitrogens is 1. The molecule has 0 aliphatic rings. The Kier molecular flexibility index (Phi) is 6.87. The van der Waals surface area contributed by atoms with Crippen LogP contribution in [0.4, 0.5) is 0 Å². The Morgan fingerprint density at radius 2 is 1.88 bits per heavy atom. The summed E-state index contributed by atoms with van der Waals surface area (Å²) in [6.45, 7) is 7.89. The van der Waals surface area contributed by atoms with Crippen molar-refractivity contribution < 1.29 is 0 Å². The Morgan fingerprint density at radius 1 is 1.18 bits per heavy atom. The van der Waals surface area contributed by atoms with Gasteiger partial charge in [0.2, 0.25) is 0 Å². The molecule has 1 N–H and O–H groups in total. The molecule has 0 aliphatic carbocycles. The first-order chi connectivity index (χ1) is 8.27. The standard InChI is InChI=1S/C15H26N2/c1-4-6-13(3)15(17-5-2)8-7-14-9-11-16-12-10-14/h9-13,15,17H,4-8H2,1-3H3. The van der Waals surface area contributed by atoms with E-state index in [1.165, 1.54) is 24.8 Å². The average Bonchev–Trinajstić information content (AvgIpc) is 2.36. The molecule has 0 saturated carbocycles. The van der Waals surface area contributed by atoms with E-state index < -0.39 is 0 Å². The van der Waals surface area contributed by atoms with E-state index in [4.69, 9.17) is 0 Å². The van der Waals surface area contributed by atoms with Crippen LogP contribution < -0.4 is 5.32 Å². The van der Waals surface area contributed by atoms with Crippen LogP contribution in [0.2, 0.25) is 0 Å². The van der Waals surface area contributed by atoms with Crippen molar-refractivity contribution in [3.8, 4) is 0 Å². The largest absolute Gasteiger partial charge is 0.314 e. The van der Waals surface area contributed by atoms with Gasteiger partial charge in [-0.3, -0.25) is 4.98 Å². The molecular formula is C15H26N2. The van der Waals surface area contributed by atoms with E-state index in [1.807, 2.05) is 12.4 Å². The molecule has 0 spiro atoms. The first kappa shape index (κ1) is 14.2. The van der Waals surface area contributed by atoms with Crippen molar-refractivity contribution in [2.75, 3.05) is 6.54 Å². The maximum absolute atomic E-state index is 4.06. The van der Waals surface area contributed by atoms with Crippen molar-refractivity contribution >= 4 is 0 Å². The summed E-state index contributed by atoms with van der Waals surface area (Å²) in [7, 11) is 0. The molecular weight excluding hydrogens is 208 g/mol. The quantitative estimate of drug-likeness (QED) is 0.745. The summed E-state index contributed by atoms with van der Waals surface area (Å²) in [5.41, 5.74) is 1.40. The zero-order valence-electron chi connectivity index (χ0n) is 11.4. The minimum absolute atomic E-state index is 0.646. The summed E-state index contributed by atoms with van der Waals surface area (Å²) in [5.74, 6) is 0.766. The normalized spacial score (nSPS) is 14.5.